The van der Waals surface area contributed by atoms with Gasteiger partial charge >= 0.3 is 0 Å². The number of hydrogen-bond donors (Lipinski definition) is 0. The van der Waals surface area contributed by atoms with Crippen LogP contribution in [0, 0.1) is 0 Å². The van der Waals surface area contributed by atoms with Crippen molar-refractivity contribution >= 4 is 16.7 Å². The van der Waals surface area contributed by atoms with Crippen LogP contribution in [0.4, 0.5) is 0 Å². The second-order valence-corrected chi connectivity index (χ2v) is 10.1. The maximum atomic E-state index is 12.4. The second kappa shape index (κ2) is 6.94. The van der Waals surface area contributed by atoms with Gasteiger partial charge in [0.2, 0.25) is 5.78 Å². The highest BCUT2D eigenvalue weighted by molar-refractivity contribution is 8.00. The van der Waals surface area contributed by atoms with Crippen molar-refractivity contribution < 1.29 is 21.8 Å². The third-order valence-electron chi connectivity index (χ3n) is 2.85. The largest absolute Gasteiger partial charge is 1.00 e. The monoisotopic (exact) mass is 344 g/mol. The number of ketones is 1. The highest BCUT2D eigenvalue weighted by atomic mass is 79.9. The van der Waals surface area contributed by atoms with E-state index < -0.39 is 0 Å². The lowest BCUT2D eigenvalue weighted by Crippen LogP contribution is -3.00. The van der Waals surface area contributed by atoms with Gasteiger partial charge in [-0.2, -0.15) is 0 Å². The normalized spacial score (nSPS) is 12.2. The van der Waals surface area contributed by atoms with Gasteiger partial charge in [-0.3, -0.25) is 4.79 Å². The van der Waals surface area contributed by atoms with Crippen molar-refractivity contribution in [2.45, 2.75) is 51.0 Å². The highest BCUT2D eigenvalue weighted by Crippen LogP contribution is 2.31. The first kappa shape index (κ1) is 18.7. The molecule has 1 rings (SSSR count). The molecule has 0 radical (unpaired) electrons. The predicted molar refractivity (Wildman–Crippen MR) is 82.5 cm³/mol. The summed E-state index contributed by atoms with van der Waals surface area (Å²) < 4.78 is 0.339. The highest BCUT2D eigenvalue weighted by Gasteiger charge is 2.45. The summed E-state index contributed by atoms with van der Waals surface area (Å²) in [5, 5.41) is 0. The van der Waals surface area contributed by atoms with E-state index in [2.05, 4.69) is 41.5 Å². The molecule has 0 amide bonds. The number of carbonyl (C=O) groups excluding carboxylic acids is 1. The average molecular weight is 345 g/mol. The van der Waals surface area contributed by atoms with E-state index in [1.807, 2.05) is 30.3 Å². The lowest BCUT2D eigenvalue weighted by atomic mass is 10.1. The molecule has 0 fully saturated rings. The van der Waals surface area contributed by atoms with Gasteiger partial charge in [-0.25, -0.2) is 0 Å². The summed E-state index contributed by atoms with van der Waals surface area (Å²) in [5.41, 5.74) is 0.837. The summed E-state index contributed by atoms with van der Waals surface area (Å²) >= 11 is 0. The molecule has 1 aromatic carbocycles. The molecule has 0 aliphatic carbocycles. The third-order valence-corrected chi connectivity index (χ3v) is 6.36. The van der Waals surface area contributed by atoms with E-state index in [0.717, 1.165) is 5.56 Å². The van der Waals surface area contributed by atoms with Crippen LogP contribution in [0.15, 0.2) is 30.3 Å². The van der Waals surface area contributed by atoms with Crippen LogP contribution in [0.1, 0.15) is 51.9 Å². The zero-order valence-electron chi connectivity index (χ0n) is 12.8. The van der Waals surface area contributed by atoms with Crippen LogP contribution in [0.2, 0.25) is 0 Å². The lowest BCUT2D eigenvalue weighted by Gasteiger charge is -2.31. The van der Waals surface area contributed by atoms with Gasteiger partial charge < -0.3 is 17.0 Å². The van der Waals surface area contributed by atoms with Gasteiger partial charge in [-0.1, -0.05) is 30.3 Å². The SMILES string of the molecule is CC(C)(C)[S+](CC(=O)c1ccccc1)C(C)(C)C.[Br-]. The van der Waals surface area contributed by atoms with Crippen molar-refractivity contribution in [3.8, 4) is 0 Å². The van der Waals surface area contributed by atoms with Crippen molar-refractivity contribution in [2.24, 2.45) is 0 Å². The smallest absolute Gasteiger partial charge is 0.211 e. The Morgan fingerprint density at radius 2 is 1.37 bits per heavy atom. The average Bonchev–Trinajstić information content (AvgIpc) is 2.23. The third kappa shape index (κ3) is 5.70. The minimum atomic E-state index is 0. The van der Waals surface area contributed by atoms with Crippen LogP contribution >= 0.6 is 0 Å². The zero-order chi connectivity index (χ0) is 14.0. The molecule has 0 unspecified atom stereocenters. The molecule has 19 heavy (non-hydrogen) atoms. The van der Waals surface area contributed by atoms with Crippen molar-refractivity contribution in [1.29, 1.82) is 0 Å². The molecule has 0 atom stereocenters. The molecule has 0 bridgehead atoms. The standard InChI is InChI=1S/C16H25OS.BrH/c1-15(2,3)18(16(4,5)6)12-14(17)13-10-8-7-9-11-13;/h7-11H,12H2,1-6H3;1H/q+1;/p-1. The zero-order valence-corrected chi connectivity index (χ0v) is 15.2. The van der Waals surface area contributed by atoms with Gasteiger partial charge in [0.1, 0.15) is 9.49 Å². The molecule has 0 heterocycles. The fourth-order valence-electron chi connectivity index (χ4n) is 2.19. The molecule has 108 valence electrons. The van der Waals surface area contributed by atoms with E-state index in [9.17, 15) is 4.79 Å². The summed E-state index contributed by atoms with van der Waals surface area (Å²) in [6.07, 6.45) is 0. The predicted octanol–water partition coefficient (Wildman–Crippen LogP) is 1.09. The number of carbonyl (C=O) groups is 1. The Balaban J connectivity index is 0.00000324. The number of benzene rings is 1. The topological polar surface area (TPSA) is 17.1 Å². The molecule has 0 saturated carbocycles. The molecule has 0 aliphatic heterocycles. The first-order valence-electron chi connectivity index (χ1n) is 6.42. The van der Waals surface area contributed by atoms with E-state index in [1.165, 1.54) is 0 Å². The molecule has 0 aliphatic rings. The molecule has 1 aromatic rings. The van der Waals surface area contributed by atoms with Gasteiger partial charge in [0.15, 0.2) is 5.75 Å². The van der Waals surface area contributed by atoms with E-state index in [-0.39, 0.29) is 43.2 Å². The van der Waals surface area contributed by atoms with E-state index >= 15 is 0 Å². The molecule has 0 aromatic heterocycles. The van der Waals surface area contributed by atoms with Crippen LogP contribution in [0.5, 0.6) is 0 Å². The molecule has 0 saturated heterocycles. The number of Topliss-reactive ketones (excluding diaryl/α,β-unsaturated/α-hetero) is 1. The number of hydrogen-bond acceptors (Lipinski definition) is 1. The summed E-state index contributed by atoms with van der Waals surface area (Å²) in [5.74, 6) is 0.917. The van der Waals surface area contributed by atoms with Crippen LogP contribution in [0.3, 0.4) is 0 Å². The van der Waals surface area contributed by atoms with E-state index in [4.69, 9.17) is 0 Å². The fourth-order valence-corrected chi connectivity index (χ4v) is 5.32. The Kier molecular flexibility index (Phi) is 6.84. The van der Waals surface area contributed by atoms with Crippen LogP contribution in [-0.2, 0) is 10.9 Å². The Morgan fingerprint density at radius 3 is 1.74 bits per heavy atom. The Labute approximate surface area is 131 Å². The van der Waals surface area contributed by atoms with Crippen LogP contribution < -0.4 is 17.0 Å². The minimum absolute atomic E-state index is 0. The summed E-state index contributed by atoms with van der Waals surface area (Å²) in [6.45, 7) is 13.4. The molecule has 1 nitrogen and oxygen atoms in total. The lowest BCUT2D eigenvalue weighted by molar-refractivity contribution is -0.0000121. The van der Waals surface area contributed by atoms with Gasteiger partial charge in [0.25, 0.3) is 0 Å². The minimum Gasteiger partial charge on any atom is -1.00 e. The second-order valence-electron chi connectivity index (χ2n) is 6.55. The van der Waals surface area contributed by atoms with Crippen molar-refractivity contribution in [3.63, 3.8) is 0 Å². The van der Waals surface area contributed by atoms with Crippen molar-refractivity contribution in [1.82, 2.24) is 0 Å². The fraction of sp³-hybridized carbons (Fsp3) is 0.562. The maximum absolute atomic E-state index is 12.4. The molecule has 0 spiro atoms. The summed E-state index contributed by atoms with van der Waals surface area (Å²) in [4.78, 5) is 12.4. The molecular weight excluding hydrogens is 320 g/mol. The number of rotatable bonds is 3. The van der Waals surface area contributed by atoms with Crippen LogP contribution in [-0.4, -0.2) is 21.0 Å². The Hall–Kier alpha value is -0.280. The first-order chi connectivity index (χ1) is 8.12. The molecule has 0 N–H and O–H groups in total. The summed E-state index contributed by atoms with van der Waals surface area (Å²) in [6, 6.07) is 9.63. The molecule has 3 heteroatoms. The van der Waals surface area contributed by atoms with Gasteiger partial charge in [0.05, 0.1) is 0 Å². The quantitative estimate of drug-likeness (QED) is 0.592. The van der Waals surface area contributed by atoms with E-state index in [0.29, 0.717) is 5.75 Å². The van der Waals surface area contributed by atoms with Crippen LogP contribution in [0.25, 0.3) is 0 Å². The van der Waals surface area contributed by atoms with Crippen molar-refractivity contribution in [3.05, 3.63) is 35.9 Å². The first-order valence-corrected chi connectivity index (χ1v) is 7.81. The van der Waals surface area contributed by atoms with Gasteiger partial charge in [-0.15, -0.1) is 0 Å². The Morgan fingerprint density at radius 1 is 0.947 bits per heavy atom. The van der Waals surface area contributed by atoms with Gasteiger partial charge in [-0.05, 0) is 41.5 Å². The molecular formula is C16H25BrOS. The van der Waals surface area contributed by atoms with Crippen molar-refractivity contribution in [2.75, 3.05) is 5.75 Å². The van der Waals surface area contributed by atoms with E-state index in [1.54, 1.807) is 0 Å². The Bertz CT molecular complexity index is 387. The maximum Gasteiger partial charge on any atom is 0.211 e. The summed E-state index contributed by atoms with van der Waals surface area (Å²) in [7, 11) is 0.0608. The van der Waals surface area contributed by atoms with Gasteiger partial charge in [0, 0.05) is 16.5 Å². The number of halogens is 1.